The summed E-state index contributed by atoms with van der Waals surface area (Å²) in [4.78, 5) is 3.64. The van der Waals surface area contributed by atoms with E-state index in [1.807, 2.05) is 0 Å². The minimum Gasteiger partial charge on any atom is -0.391 e. The number of aromatic nitrogens is 1. The SMILES string of the molecule is OCc1scnc1C(F)F. The van der Waals surface area contributed by atoms with Gasteiger partial charge in [-0.25, -0.2) is 13.8 Å². The summed E-state index contributed by atoms with van der Waals surface area (Å²) in [6.07, 6.45) is -2.58. The van der Waals surface area contributed by atoms with Gasteiger partial charge in [-0.15, -0.1) is 11.3 Å². The van der Waals surface area contributed by atoms with Crippen LogP contribution in [0.2, 0.25) is 0 Å². The first kappa shape index (κ1) is 7.56. The van der Waals surface area contributed by atoms with E-state index in [0.717, 1.165) is 11.3 Å². The Balaban J connectivity index is 2.90. The molecule has 1 N–H and O–H groups in total. The van der Waals surface area contributed by atoms with Crippen molar-refractivity contribution in [1.29, 1.82) is 0 Å². The van der Waals surface area contributed by atoms with E-state index in [9.17, 15) is 8.78 Å². The molecule has 0 aromatic carbocycles. The molecule has 0 saturated heterocycles. The van der Waals surface area contributed by atoms with Gasteiger partial charge in [-0.1, -0.05) is 0 Å². The zero-order valence-electron chi connectivity index (χ0n) is 4.92. The van der Waals surface area contributed by atoms with Gasteiger partial charge < -0.3 is 5.11 Å². The molecular formula is C5H5F2NOS. The summed E-state index contributed by atoms with van der Waals surface area (Å²) in [7, 11) is 0. The maximum absolute atomic E-state index is 11.9. The fourth-order valence-corrected chi connectivity index (χ4v) is 1.21. The van der Waals surface area contributed by atoms with Crippen molar-refractivity contribution in [3.8, 4) is 0 Å². The number of aliphatic hydroxyl groups is 1. The molecule has 0 unspecified atom stereocenters. The number of hydrogen-bond acceptors (Lipinski definition) is 3. The van der Waals surface area contributed by atoms with Crippen LogP contribution in [0.4, 0.5) is 8.78 Å². The molecule has 5 heteroatoms. The van der Waals surface area contributed by atoms with Crippen LogP contribution in [0.25, 0.3) is 0 Å². The zero-order chi connectivity index (χ0) is 7.56. The van der Waals surface area contributed by atoms with E-state index in [4.69, 9.17) is 5.11 Å². The maximum atomic E-state index is 11.9. The second-order valence-corrected chi connectivity index (χ2v) is 2.56. The Morgan fingerprint density at radius 3 is 2.80 bits per heavy atom. The third-order valence-corrected chi connectivity index (χ3v) is 1.86. The van der Waals surface area contributed by atoms with Gasteiger partial charge in [-0.05, 0) is 0 Å². The summed E-state index contributed by atoms with van der Waals surface area (Å²) < 4.78 is 23.8. The highest BCUT2D eigenvalue weighted by atomic mass is 32.1. The molecule has 0 aliphatic heterocycles. The van der Waals surface area contributed by atoms with Crippen molar-refractivity contribution in [1.82, 2.24) is 4.98 Å². The van der Waals surface area contributed by atoms with Gasteiger partial charge in [0.15, 0.2) is 0 Å². The lowest BCUT2D eigenvalue weighted by molar-refractivity contribution is 0.143. The van der Waals surface area contributed by atoms with Crippen molar-refractivity contribution in [3.63, 3.8) is 0 Å². The number of nitrogens with zero attached hydrogens (tertiary/aromatic N) is 1. The molecule has 0 aliphatic carbocycles. The summed E-state index contributed by atoms with van der Waals surface area (Å²) in [6.45, 7) is -0.357. The van der Waals surface area contributed by atoms with Crippen LogP contribution in [0.3, 0.4) is 0 Å². The molecule has 0 bridgehead atoms. The summed E-state index contributed by atoms with van der Waals surface area (Å²) in [5, 5.41) is 8.49. The highest BCUT2D eigenvalue weighted by Crippen LogP contribution is 2.23. The van der Waals surface area contributed by atoms with Crippen molar-refractivity contribution < 1.29 is 13.9 Å². The molecule has 1 rings (SSSR count). The van der Waals surface area contributed by atoms with Gasteiger partial charge in [0.05, 0.1) is 17.0 Å². The Kier molecular flexibility index (Phi) is 2.29. The van der Waals surface area contributed by atoms with E-state index in [1.54, 1.807) is 0 Å². The Morgan fingerprint density at radius 1 is 1.70 bits per heavy atom. The molecule has 0 spiro atoms. The predicted molar refractivity (Wildman–Crippen MR) is 33.0 cm³/mol. The second kappa shape index (κ2) is 3.03. The van der Waals surface area contributed by atoms with Gasteiger partial charge in [-0.3, -0.25) is 0 Å². The molecule has 56 valence electrons. The Morgan fingerprint density at radius 2 is 2.40 bits per heavy atom. The predicted octanol–water partition coefficient (Wildman–Crippen LogP) is 1.57. The van der Waals surface area contributed by atoms with Crippen LogP contribution in [-0.4, -0.2) is 10.1 Å². The quantitative estimate of drug-likeness (QED) is 0.721. The van der Waals surface area contributed by atoms with Crippen molar-refractivity contribution in [3.05, 3.63) is 16.1 Å². The average molecular weight is 165 g/mol. The largest absolute Gasteiger partial charge is 0.391 e. The summed E-state index contributed by atoms with van der Waals surface area (Å²) in [5.74, 6) is 0. The van der Waals surface area contributed by atoms with E-state index in [0.29, 0.717) is 0 Å². The third-order valence-electron chi connectivity index (χ3n) is 1.02. The number of hydrogen-bond donors (Lipinski definition) is 1. The minimum absolute atomic E-state index is 0.245. The Bertz CT molecular complexity index is 213. The first-order valence-corrected chi connectivity index (χ1v) is 3.45. The zero-order valence-corrected chi connectivity index (χ0v) is 5.74. The second-order valence-electron chi connectivity index (χ2n) is 1.62. The minimum atomic E-state index is -2.58. The molecule has 0 aliphatic rings. The number of alkyl halides is 2. The topological polar surface area (TPSA) is 33.1 Å². The fourth-order valence-electron chi connectivity index (χ4n) is 0.575. The van der Waals surface area contributed by atoms with Crippen LogP contribution < -0.4 is 0 Å². The van der Waals surface area contributed by atoms with Crippen LogP contribution >= 0.6 is 11.3 Å². The number of rotatable bonds is 2. The Labute approximate surface area is 60.1 Å². The van der Waals surface area contributed by atoms with Crippen molar-refractivity contribution >= 4 is 11.3 Å². The van der Waals surface area contributed by atoms with Gasteiger partial charge in [0.25, 0.3) is 6.43 Å². The van der Waals surface area contributed by atoms with Crippen molar-refractivity contribution in [2.75, 3.05) is 0 Å². The van der Waals surface area contributed by atoms with Gasteiger partial charge in [0.2, 0.25) is 0 Å². The molecule has 1 aromatic heterocycles. The first-order valence-electron chi connectivity index (χ1n) is 2.57. The van der Waals surface area contributed by atoms with Crippen molar-refractivity contribution in [2.24, 2.45) is 0 Å². The lowest BCUT2D eigenvalue weighted by Gasteiger charge is -1.94. The normalized spacial score (nSPS) is 10.8. The van der Waals surface area contributed by atoms with Crippen LogP contribution in [0.15, 0.2) is 5.51 Å². The van der Waals surface area contributed by atoms with Crippen LogP contribution in [0, 0.1) is 0 Å². The molecule has 2 nitrogen and oxygen atoms in total. The van der Waals surface area contributed by atoms with Crippen molar-refractivity contribution in [2.45, 2.75) is 13.0 Å². The van der Waals surface area contributed by atoms with E-state index in [1.165, 1.54) is 5.51 Å². The number of halogens is 2. The molecule has 1 aromatic rings. The fraction of sp³-hybridized carbons (Fsp3) is 0.400. The average Bonchev–Trinajstić information content (AvgIpc) is 2.33. The molecule has 10 heavy (non-hydrogen) atoms. The number of thiazole rings is 1. The van der Waals surface area contributed by atoms with E-state index >= 15 is 0 Å². The summed E-state index contributed by atoms with van der Waals surface area (Å²) >= 11 is 1.04. The highest BCUT2D eigenvalue weighted by molar-refractivity contribution is 7.09. The smallest absolute Gasteiger partial charge is 0.281 e. The van der Waals surface area contributed by atoms with E-state index in [2.05, 4.69) is 4.98 Å². The van der Waals surface area contributed by atoms with Gasteiger partial charge in [0.1, 0.15) is 5.69 Å². The molecule has 1 heterocycles. The molecule has 0 amide bonds. The molecule has 0 atom stereocenters. The van der Waals surface area contributed by atoms with Crippen LogP contribution in [-0.2, 0) is 6.61 Å². The van der Waals surface area contributed by atoms with Gasteiger partial charge in [-0.2, -0.15) is 0 Å². The maximum Gasteiger partial charge on any atom is 0.281 e. The summed E-state index contributed by atoms with van der Waals surface area (Å²) in [6, 6.07) is 0. The lowest BCUT2D eigenvalue weighted by Crippen LogP contribution is -1.89. The molecule has 0 saturated carbocycles. The van der Waals surface area contributed by atoms with E-state index < -0.39 is 6.43 Å². The lowest BCUT2D eigenvalue weighted by atomic mass is 10.4. The number of aliphatic hydroxyl groups excluding tert-OH is 1. The monoisotopic (exact) mass is 165 g/mol. The Hall–Kier alpha value is -0.550. The molecule has 0 fully saturated rings. The molecular weight excluding hydrogens is 160 g/mol. The van der Waals surface area contributed by atoms with Crippen LogP contribution in [0.5, 0.6) is 0 Å². The van der Waals surface area contributed by atoms with Crippen LogP contribution in [0.1, 0.15) is 17.0 Å². The standard InChI is InChI=1S/C5H5F2NOS/c6-5(7)4-3(1-9)10-2-8-4/h2,5,9H,1H2. The van der Waals surface area contributed by atoms with E-state index in [-0.39, 0.29) is 17.2 Å². The summed E-state index contributed by atoms with van der Waals surface area (Å²) in [5.41, 5.74) is 1.00. The van der Waals surface area contributed by atoms with Gasteiger partial charge >= 0.3 is 0 Å². The van der Waals surface area contributed by atoms with Gasteiger partial charge in [0, 0.05) is 0 Å². The third kappa shape index (κ3) is 1.30. The highest BCUT2D eigenvalue weighted by Gasteiger charge is 2.14. The first-order chi connectivity index (χ1) is 4.75. The molecule has 0 radical (unpaired) electrons.